The maximum absolute atomic E-state index is 12.4. The van der Waals surface area contributed by atoms with E-state index in [-0.39, 0.29) is 18.4 Å². The second-order valence-electron chi connectivity index (χ2n) is 5.47. The molecular formula is C18H28N2O4. The maximum atomic E-state index is 12.4. The summed E-state index contributed by atoms with van der Waals surface area (Å²) in [7, 11) is 1.54. The lowest BCUT2D eigenvalue weighted by atomic mass is 10.2. The standard InChI is InChI=1S/C18H28N2O4/c1-5-7-12-24-14(3)18(22)20(6-2)13-17(21)19-15-10-8-9-11-16(15)23-4/h8-11,14H,5-7,12-13H2,1-4H3,(H,19,21)/t14-/m0/s1. The molecule has 6 nitrogen and oxygen atoms in total. The van der Waals surface area contributed by atoms with Crippen molar-refractivity contribution in [1.82, 2.24) is 4.90 Å². The zero-order valence-electron chi connectivity index (χ0n) is 15.0. The van der Waals surface area contributed by atoms with Crippen molar-refractivity contribution >= 4 is 17.5 Å². The highest BCUT2D eigenvalue weighted by molar-refractivity contribution is 5.96. The molecule has 0 radical (unpaired) electrons. The molecule has 24 heavy (non-hydrogen) atoms. The Labute approximate surface area is 144 Å². The van der Waals surface area contributed by atoms with E-state index in [9.17, 15) is 9.59 Å². The zero-order chi connectivity index (χ0) is 17.9. The second kappa shape index (κ2) is 10.6. The predicted molar refractivity (Wildman–Crippen MR) is 94.2 cm³/mol. The van der Waals surface area contributed by atoms with E-state index < -0.39 is 6.10 Å². The van der Waals surface area contributed by atoms with Gasteiger partial charge in [0.05, 0.1) is 19.3 Å². The number of rotatable bonds is 10. The lowest BCUT2D eigenvalue weighted by Crippen LogP contribution is -2.43. The fourth-order valence-corrected chi connectivity index (χ4v) is 2.19. The van der Waals surface area contributed by atoms with Gasteiger partial charge in [0.1, 0.15) is 11.9 Å². The number of hydrogen-bond donors (Lipinski definition) is 1. The number of amides is 2. The van der Waals surface area contributed by atoms with Crippen molar-refractivity contribution in [3.05, 3.63) is 24.3 Å². The lowest BCUT2D eigenvalue weighted by molar-refractivity contribution is -0.144. The molecule has 0 aromatic heterocycles. The largest absolute Gasteiger partial charge is 0.495 e. The van der Waals surface area contributed by atoms with Crippen LogP contribution in [0.2, 0.25) is 0 Å². The summed E-state index contributed by atoms with van der Waals surface area (Å²) in [5, 5.41) is 2.77. The van der Waals surface area contributed by atoms with Gasteiger partial charge in [0, 0.05) is 13.2 Å². The maximum Gasteiger partial charge on any atom is 0.251 e. The monoisotopic (exact) mass is 336 g/mol. The number of likely N-dealkylation sites (N-methyl/N-ethyl adjacent to an activating group) is 1. The van der Waals surface area contributed by atoms with Gasteiger partial charge in [-0.05, 0) is 32.4 Å². The van der Waals surface area contributed by atoms with Crippen LogP contribution in [0.1, 0.15) is 33.6 Å². The van der Waals surface area contributed by atoms with Crippen molar-refractivity contribution in [2.24, 2.45) is 0 Å². The molecule has 0 fully saturated rings. The quantitative estimate of drug-likeness (QED) is 0.667. The number of unbranched alkanes of at least 4 members (excludes halogenated alkanes) is 1. The van der Waals surface area contributed by atoms with Crippen LogP contribution in [0.25, 0.3) is 0 Å². The molecule has 134 valence electrons. The fraction of sp³-hybridized carbons (Fsp3) is 0.556. The molecular weight excluding hydrogens is 308 g/mol. The van der Waals surface area contributed by atoms with Gasteiger partial charge in [0.2, 0.25) is 5.91 Å². The Balaban J connectivity index is 2.60. The van der Waals surface area contributed by atoms with Gasteiger partial charge in [0.15, 0.2) is 0 Å². The van der Waals surface area contributed by atoms with Gasteiger partial charge in [0.25, 0.3) is 5.91 Å². The molecule has 0 saturated carbocycles. The van der Waals surface area contributed by atoms with E-state index in [1.807, 2.05) is 19.1 Å². The Morgan fingerprint density at radius 2 is 1.96 bits per heavy atom. The van der Waals surface area contributed by atoms with E-state index >= 15 is 0 Å². The van der Waals surface area contributed by atoms with Crippen LogP contribution in [-0.4, -0.2) is 49.6 Å². The molecule has 1 rings (SSSR count). The van der Waals surface area contributed by atoms with Crippen LogP contribution in [0.15, 0.2) is 24.3 Å². The van der Waals surface area contributed by atoms with Gasteiger partial charge < -0.3 is 19.7 Å². The van der Waals surface area contributed by atoms with Crippen LogP contribution in [0.5, 0.6) is 5.75 Å². The molecule has 0 saturated heterocycles. The van der Waals surface area contributed by atoms with Crippen LogP contribution >= 0.6 is 0 Å². The van der Waals surface area contributed by atoms with Crippen molar-refractivity contribution < 1.29 is 19.1 Å². The fourth-order valence-electron chi connectivity index (χ4n) is 2.19. The van der Waals surface area contributed by atoms with Crippen LogP contribution in [-0.2, 0) is 14.3 Å². The smallest absolute Gasteiger partial charge is 0.251 e. The van der Waals surface area contributed by atoms with E-state index in [4.69, 9.17) is 9.47 Å². The molecule has 0 unspecified atom stereocenters. The van der Waals surface area contributed by atoms with Crippen LogP contribution < -0.4 is 10.1 Å². The Bertz CT molecular complexity index is 534. The van der Waals surface area contributed by atoms with Gasteiger partial charge >= 0.3 is 0 Å². The average molecular weight is 336 g/mol. The Morgan fingerprint density at radius 1 is 1.25 bits per heavy atom. The number of nitrogens with one attached hydrogen (secondary N) is 1. The van der Waals surface area contributed by atoms with E-state index in [1.54, 1.807) is 26.2 Å². The van der Waals surface area contributed by atoms with Crippen molar-refractivity contribution in [2.75, 3.05) is 32.1 Å². The first-order valence-corrected chi connectivity index (χ1v) is 8.36. The van der Waals surface area contributed by atoms with Crippen LogP contribution in [0.3, 0.4) is 0 Å². The minimum Gasteiger partial charge on any atom is -0.495 e. The molecule has 6 heteroatoms. The van der Waals surface area contributed by atoms with E-state index in [0.29, 0.717) is 24.6 Å². The molecule has 0 aliphatic rings. The number of carbonyl (C=O) groups excluding carboxylic acids is 2. The average Bonchev–Trinajstić information content (AvgIpc) is 2.59. The summed E-state index contributed by atoms with van der Waals surface area (Å²) >= 11 is 0. The van der Waals surface area contributed by atoms with Gasteiger partial charge in [-0.25, -0.2) is 0 Å². The highest BCUT2D eigenvalue weighted by Crippen LogP contribution is 2.22. The first kappa shape index (κ1) is 20.0. The summed E-state index contributed by atoms with van der Waals surface area (Å²) in [5.74, 6) is 0.135. The van der Waals surface area contributed by atoms with Gasteiger partial charge in [-0.3, -0.25) is 9.59 Å². The highest BCUT2D eigenvalue weighted by atomic mass is 16.5. The summed E-state index contributed by atoms with van der Waals surface area (Å²) < 4.78 is 10.7. The minimum absolute atomic E-state index is 0.0190. The summed E-state index contributed by atoms with van der Waals surface area (Å²) in [6.07, 6.45) is 1.38. The number of methoxy groups -OCH3 is 1. The molecule has 1 N–H and O–H groups in total. The normalized spacial score (nSPS) is 11.7. The van der Waals surface area contributed by atoms with E-state index in [0.717, 1.165) is 12.8 Å². The Hall–Kier alpha value is -2.08. The number of ether oxygens (including phenoxy) is 2. The first-order valence-electron chi connectivity index (χ1n) is 8.36. The Kier molecular flexibility index (Phi) is 8.86. The highest BCUT2D eigenvalue weighted by Gasteiger charge is 2.22. The molecule has 0 bridgehead atoms. The number of anilines is 1. The number of carbonyl (C=O) groups is 2. The summed E-state index contributed by atoms with van der Waals surface area (Å²) in [5.41, 5.74) is 0.584. The SMILES string of the molecule is CCCCO[C@@H](C)C(=O)N(CC)CC(=O)Nc1ccccc1OC. The number of hydrogen-bond acceptors (Lipinski definition) is 4. The van der Waals surface area contributed by atoms with Gasteiger partial charge in [-0.1, -0.05) is 25.5 Å². The second-order valence-corrected chi connectivity index (χ2v) is 5.47. The molecule has 1 aromatic rings. The van der Waals surface area contributed by atoms with Crippen LogP contribution in [0.4, 0.5) is 5.69 Å². The molecule has 0 heterocycles. The topological polar surface area (TPSA) is 67.9 Å². The van der Waals surface area contributed by atoms with E-state index in [2.05, 4.69) is 12.2 Å². The predicted octanol–water partition coefficient (Wildman–Crippen LogP) is 2.69. The zero-order valence-corrected chi connectivity index (χ0v) is 15.0. The lowest BCUT2D eigenvalue weighted by Gasteiger charge is -2.24. The Morgan fingerprint density at radius 3 is 2.58 bits per heavy atom. The summed E-state index contributed by atoms with van der Waals surface area (Å²) in [6.45, 7) is 6.60. The molecule has 0 spiro atoms. The number of benzene rings is 1. The van der Waals surface area contributed by atoms with Crippen molar-refractivity contribution in [2.45, 2.75) is 39.7 Å². The molecule has 1 atom stereocenters. The first-order chi connectivity index (χ1) is 11.5. The molecule has 0 aliphatic heterocycles. The van der Waals surface area contributed by atoms with E-state index in [1.165, 1.54) is 4.90 Å². The third-order valence-corrected chi connectivity index (χ3v) is 3.62. The number of para-hydroxylation sites is 2. The third-order valence-electron chi connectivity index (χ3n) is 3.62. The van der Waals surface area contributed by atoms with Crippen molar-refractivity contribution in [3.63, 3.8) is 0 Å². The van der Waals surface area contributed by atoms with Crippen LogP contribution in [0, 0.1) is 0 Å². The molecule has 1 aromatic carbocycles. The summed E-state index contributed by atoms with van der Waals surface area (Å²) in [4.78, 5) is 26.1. The van der Waals surface area contributed by atoms with Gasteiger partial charge in [-0.15, -0.1) is 0 Å². The van der Waals surface area contributed by atoms with Crippen molar-refractivity contribution in [1.29, 1.82) is 0 Å². The van der Waals surface area contributed by atoms with Crippen molar-refractivity contribution in [3.8, 4) is 5.75 Å². The number of nitrogens with zero attached hydrogens (tertiary/aromatic N) is 1. The summed E-state index contributed by atoms with van der Waals surface area (Å²) in [6, 6.07) is 7.16. The third kappa shape index (κ3) is 6.20. The minimum atomic E-state index is -0.546. The molecule has 0 aliphatic carbocycles. The molecule has 2 amide bonds. The van der Waals surface area contributed by atoms with Gasteiger partial charge in [-0.2, -0.15) is 0 Å².